The SMILES string of the molecule is CN1CCC(NC(=O)C2(C(N)=NO)CCOCC2)CC1. The lowest BCUT2D eigenvalue weighted by Gasteiger charge is -2.37. The van der Waals surface area contributed by atoms with Crippen LogP contribution in [0.2, 0.25) is 0 Å². The van der Waals surface area contributed by atoms with Crippen molar-refractivity contribution in [1.29, 1.82) is 0 Å². The van der Waals surface area contributed by atoms with Crippen molar-refractivity contribution in [1.82, 2.24) is 10.2 Å². The zero-order chi connectivity index (χ0) is 14.6. The third-order valence-corrected chi connectivity index (χ3v) is 4.43. The number of ether oxygens (including phenoxy) is 1. The number of carbonyl (C=O) groups is 1. The summed E-state index contributed by atoms with van der Waals surface area (Å²) in [5.41, 5.74) is 4.87. The van der Waals surface area contributed by atoms with Gasteiger partial charge in [0.15, 0.2) is 5.84 Å². The zero-order valence-electron chi connectivity index (χ0n) is 12.0. The molecular weight excluding hydrogens is 260 g/mol. The average molecular weight is 284 g/mol. The Morgan fingerprint density at radius 3 is 2.55 bits per heavy atom. The number of nitrogens with two attached hydrogens (primary N) is 1. The fourth-order valence-electron chi connectivity index (χ4n) is 2.89. The van der Waals surface area contributed by atoms with Gasteiger partial charge in [0.2, 0.25) is 5.91 Å². The first-order chi connectivity index (χ1) is 9.58. The van der Waals surface area contributed by atoms with E-state index in [0.29, 0.717) is 26.1 Å². The van der Waals surface area contributed by atoms with Crippen LogP contribution in [0.3, 0.4) is 0 Å². The largest absolute Gasteiger partial charge is 0.409 e. The topological polar surface area (TPSA) is 100 Å². The summed E-state index contributed by atoms with van der Waals surface area (Å²) in [7, 11) is 2.08. The minimum atomic E-state index is -0.920. The van der Waals surface area contributed by atoms with Gasteiger partial charge >= 0.3 is 0 Å². The van der Waals surface area contributed by atoms with Crippen LogP contribution in [0.1, 0.15) is 25.7 Å². The predicted molar refractivity (Wildman–Crippen MR) is 74.6 cm³/mol. The molecule has 0 aliphatic carbocycles. The molecule has 0 aromatic carbocycles. The van der Waals surface area contributed by atoms with E-state index in [1.165, 1.54) is 0 Å². The summed E-state index contributed by atoms with van der Waals surface area (Å²) in [6.45, 7) is 2.86. The molecule has 1 amide bonds. The Morgan fingerprint density at radius 1 is 1.40 bits per heavy atom. The molecule has 0 spiro atoms. The highest BCUT2D eigenvalue weighted by Crippen LogP contribution is 2.31. The van der Waals surface area contributed by atoms with Gasteiger partial charge in [0.1, 0.15) is 5.41 Å². The normalized spacial score (nSPS) is 25.4. The first-order valence-corrected chi connectivity index (χ1v) is 7.14. The number of piperidine rings is 1. The molecule has 20 heavy (non-hydrogen) atoms. The Balaban J connectivity index is 2.03. The molecule has 2 fully saturated rings. The Morgan fingerprint density at radius 2 is 2.00 bits per heavy atom. The van der Waals surface area contributed by atoms with Gasteiger partial charge in [-0.15, -0.1) is 0 Å². The summed E-state index contributed by atoms with van der Waals surface area (Å²) in [6, 6.07) is 0.171. The van der Waals surface area contributed by atoms with E-state index in [4.69, 9.17) is 15.7 Å². The van der Waals surface area contributed by atoms with Crippen LogP contribution in [0.5, 0.6) is 0 Å². The van der Waals surface area contributed by atoms with Crippen LogP contribution in [-0.2, 0) is 9.53 Å². The fourth-order valence-corrected chi connectivity index (χ4v) is 2.89. The van der Waals surface area contributed by atoms with Crippen molar-refractivity contribution in [3.8, 4) is 0 Å². The minimum absolute atomic E-state index is 0.00812. The second-order valence-corrected chi connectivity index (χ2v) is 5.73. The number of hydrogen-bond acceptors (Lipinski definition) is 5. The van der Waals surface area contributed by atoms with Gasteiger partial charge in [-0.2, -0.15) is 0 Å². The lowest BCUT2D eigenvalue weighted by Crippen LogP contribution is -2.56. The van der Waals surface area contributed by atoms with E-state index in [-0.39, 0.29) is 17.8 Å². The number of hydrogen-bond donors (Lipinski definition) is 3. The van der Waals surface area contributed by atoms with Crippen molar-refractivity contribution in [2.24, 2.45) is 16.3 Å². The number of amides is 1. The Labute approximate surface area is 119 Å². The molecule has 2 rings (SSSR count). The van der Waals surface area contributed by atoms with E-state index < -0.39 is 5.41 Å². The second-order valence-electron chi connectivity index (χ2n) is 5.73. The van der Waals surface area contributed by atoms with Gasteiger partial charge in [-0.05, 0) is 45.8 Å². The highest BCUT2D eigenvalue weighted by atomic mass is 16.5. The lowest BCUT2D eigenvalue weighted by atomic mass is 9.77. The predicted octanol–water partition coefficient (Wildman–Crippen LogP) is -0.260. The molecule has 2 aliphatic rings. The molecule has 0 aromatic heterocycles. The molecule has 0 bridgehead atoms. The average Bonchev–Trinajstić information content (AvgIpc) is 2.49. The maximum absolute atomic E-state index is 12.6. The monoisotopic (exact) mass is 284 g/mol. The maximum atomic E-state index is 12.6. The number of nitrogens with zero attached hydrogens (tertiary/aromatic N) is 2. The number of rotatable bonds is 3. The van der Waals surface area contributed by atoms with Crippen molar-refractivity contribution in [3.63, 3.8) is 0 Å². The molecule has 2 aliphatic heterocycles. The van der Waals surface area contributed by atoms with Crippen LogP contribution < -0.4 is 11.1 Å². The standard InChI is InChI=1S/C13H24N4O3/c1-17-6-2-10(3-7-17)15-12(18)13(11(14)16-19)4-8-20-9-5-13/h10,19H,2-9H2,1H3,(H2,14,16)(H,15,18). The van der Waals surface area contributed by atoms with Crippen molar-refractivity contribution < 1.29 is 14.7 Å². The number of likely N-dealkylation sites (tertiary alicyclic amines) is 1. The van der Waals surface area contributed by atoms with E-state index in [2.05, 4.69) is 22.4 Å². The Kier molecular flexibility index (Phi) is 4.82. The first-order valence-electron chi connectivity index (χ1n) is 7.14. The van der Waals surface area contributed by atoms with Crippen LogP contribution in [0.15, 0.2) is 5.16 Å². The molecular formula is C13H24N4O3. The molecule has 0 atom stereocenters. The summed E-state index contributed by atoms with van der Waals surface area (Å²) in [5.74, 6) is -0.142. The van der Waals surface area contributed by atoms with Gasteiger partial charge < -0.3 is 25.9 Å². The van der Waals surface area contributed by atoms with E-state index in [1.54, 1.807) is 0 Å². The smallest absolute Gasteiger partial charge is 0.234 e. The molecule has 0 unspecified atom stereocenters. The van der Waals surface area contributed by atoms with Crippen molar-refractivity contribution >= 4 is 11.7 Å². The number of amidine groups is 1. The van der Waals surface area contributed by atoms with E-state index >= 15 is 0 Å². The van der Waals surface area contributed by atoms with E-state index in [9.17, 15) is 4.79 Å². The van der Waals surface area contributed by atoms with Crippen LogP contribution in [-0.4, -0.2) is 61.2 Å². The van der Waals surface area contributed by atoms with Gasteiger partial charge in [-0.25, -0.2) is 0 Å². The summed E-state index contributed by atoms with van der Waals surface area (Å²) in [5, 5.41) is 15.1. The summed E-state index contributed by atoms with van der Waals surface area (Å²) < 4.78 is 5.29. The van der Waals surface area contributed by atoms with Crippen LogP contribution in [0.25, 0.3) is 0 Å². The molecule has 2 heterocycles. The quantitative estimate of drug-likeness (QED) is 0.287. The van der Waals surface area contributed by atoms with Crippen molar-refractivity contribution in [2.75, 3.05) is 33.4 Å². The molecule has 0 radical (unpaired) electrons. The van der Waals surface area contributed by atoms with Gasteiger partial charge in [0, 0.05) is 19.3 Å². The van der Waals surface area contributed by atoms with Gasteiger partial charge in [-0.3, -0.25) is 4.79 Å². The lowest BCUT2D eigenvalue weighted by molar-refractivity contribution is -0.132. The summed E-state index contributed by atoms with van der Waals surface area (Å²) >= 11 is 0. The van der Waals surface area contributed by atoms with Gasteiger partial charge in [0.05, 0.1) is 0 Å². The third kappa shape index (κ3) is 3.04. The van der Waals surface area contributed by atoms with Crippen molar-refractivity contribution in [3.05, 3.63) is 0 Å². The minimum Gasteiger partial charge on any atom is -0.409 e. The molecule has 2 saturated heterocycles. The van der Waals surface area contributed by atoms with Gasteiger partial charge in [0.25, 0.3) is 0 Å². The van der Waals surface area contributed by atoms with Crippen LogP contribution in [0, 0.1) is 5.41 Å². The van der Waals surface area contributed by atoms with Crippen LogP contribution >= 0.6 is 0 Å². The zero-order valence-corrected chi connectivity index (χ0v) is 12.0. The summed E-state index contributed by atoms with van der Waals surface area (Å²) in [6.07, 6.45) is 2.79. The maximum Gasteiger partial charge on any atom is 0.234 e. The second kappa shape index (κ2) is 6.41. The molecule has 7 nitrogen and oxygen atoms in total. The Hall–Kier alpha value is -1.34. The van der Waals surface area contributed by atoms with E-state index in [1.807, 2.05) is 0 Å². The number of oxime groups is 1. The highest BCUT2D eigenvalue weighted by Gasteiger charge is 2.45. The van der Waals surface area contributed by atoms with Crippen molar-refractivity contribution in [2.45, 2.75) is 31.7 Å². The highest BCUT2D eigenvalue weighted by molar-refractivity contribution is 6.06. The van der Waals surface area contributed by atoms with E-state index in [0.717, 1.165) is 25.9 Å². The molecule has 4 N–H and O–H groups in total. The molecule has 0 saturated carbocycles. The molecule has 0 aromatic rings. The number of nitrogens with one attached hydrogen (secondary N) is 1. The Bertz CT molecular complexity index is 372. The first kappa shape index (κ1) is 15.1. The molecule has 7 heteroatoms. The number of carbonyl (C=O) groups excluding carboxylic acids is 1. The summed E-state index contributed by atoms with van der Waals surface area (Å²) in [4.78, 5) is 14.9. The fraction of sp³-hybridized carbons (Fsp3) is 0.846. The van der Waals surface area contributed by atoms with Gasteiger partial charge in [-0.1, -0.05) is 5.16 Å². The third-order valence-electron chi connectivity index (χ3n) is 4.43. The molecule has 114 valence electrons. The van der Waals surface area contributed by atoms with Crippen LogP contribution in [0.4, 0.5) is 0 Å².